The van der Waals surface area contributed by atoms with E-state index in [9.17, 15) is 0 Å². The second kappa shape index (κ2) is 7.05. The number of methoxy groups -OCH3 is 2. The summed E-state index contributed by atoms with van der Waals surface area (Å²) in [7, 11) is 3.53. The molecule has 1 atom stereocenters. The minimum absolute atomic E-state index is 0.0137. The maximum Gasteiger partial charge on any atom is 0.0654 e. The molecular weight excluding hydrogens is 240 g/mol. The van der Waals surface area contributed by atoms with Crippen LogP contribution in [-0.4, -0.2) is 39.6 Å². The minimum atomic E-state index is -0.0373. The molecule has 19 heavy (non-hydrogen) atoms. The summed E-state index contributed by atoms with van der Waals surface area (Å²) in [5, 5.41) is 0. The fraction of sp³-hybridized carbons (Fsp3) is 1.00. The first-order chi connectivity index (χ1) is 8.91. The number of hydrogen-bond acceptors (Lipinski definition) is 3. The molecule has 0 spiro atoms. The third-order valence-corrected chi connectivity index (χ3v) is 4.81. The predicted octanol–water partition coefficient (Wildman–Crippen LogP) is 3.52. The van der Waals surface area contributed by atoms with E-state index in [0.29, 0.717) is 25.7 Å². The van der Waals surface area contributed by atoms with Crippen molar-refractivity contribution in [2.24, 2.45) is 17.3 Å². The molecule has 0 aromatic rings. The lowest BCUT2D eigenvalue weighted by Gasteiger charge is -2.40. The largest absolute Gasteiger partial charge is 0.384 e. The number of ether oxygens (including phenoxy) is 3. The zero-order chi connectivity index (χ0) is 14.5. The summed E-state index contributed by atoms with van der Waals surface area (Å²) in [5.74, 6) is 1.25. The summed E-state index contributed by atoms with van der Waals surface area (Å²) < 4.78 is 17.2. The first kappa shape index (κ1) is 16.9. The summed E-state index contributed by atoms with van der Waals surface area (Å²) in [6.45, 7) is 11.0. The Morgan fingerprint density at radius 2 is 1.58 bits per heavy atom. The van der Waals surface area contributed by atoms with Crippen molar-refractivity contribution in [2.45, 2.75) is 52.6 Å². The summed E-state index contributed by atoms with van der Waals surface area (Å²) in [6.07, 6.45) is 3.72. The molecule has 0 bridgehead atoms. The van der Waals surface area contributed by atoms with Gasteiger partial charge in [0.25, 0.3) is 0 Å². The quantitative estimate of drug-likeness (QED) is 0.609. The smallest absolute Gasteiger partial charge is 0.0654 e. The maximum absolute atomic E-state index is 6.29. The molecule has 1 aliphatic carbocycles. The van der Waals surface area contributed by atoms with E-state index in [0.717, 1.165) is 12.3 Å². The van der Waals surface area contributed by atoms with Gasteiger partial charge in [0, 0.05) is 19.6 Å². The van der Waals surface area contributed by atoms with Crippen molar-refractivity contribution >= 4 is 0 Å². The van der Waals surface area contributed by atoms with Gasteiger partial charge in [0.2, 0.25) is 0 Å². The van der Waals surface area contributed by atoms with Crippen LogP contribution in [0, 0.1) is 17.3 Å². The highest BCUT2D eigenvalue weighted by Gasteiger charge is 2.42. The minimum Gasteiger partial charge on any atom is -0.384 e. The first-order valence-electron chi connectivity index (χ1n) is 7.53. The Morgan fingerprint density at radius 3 is 1.95 bits per heavy atom. The van der Waals surface area contributed by atoms with E-state index >= 15 is 0 Å². The molecule has 1 rings (SSSR count). The van der Waals surface area contributed by atoms with Crippen LogP contribution in [0.15, 0.2) is 0 Å². The van der Waals surface area contributed by atoms with Crippen molar-refractivity contribution < 1.29 is 14.2 Å². The Labute approximate surface area is 119 Å². The second-order valence-electron chi connectivity index (χ2n) is 6.70. The van der Waals surface area contributed by atoms with Crippen molar-refractivity contribution in [3.63, 3.8) is 0 Å². The van der Waals surface area contributed by atoms with Gasteiger partial charge < -0.3 is 14.2 Å². The van der Waals surface area contributed by atoms with Gasteiger partial charge in [-0.15, -0.1) is 0 Å². The third kappa shape index (κ3) is 4.44. The van der Waals surface area contributed by atoms with Crippen molar-refractivity contribution in [3.05, 3.63) is 0 Å². The summed E-state index contributed by atoms with van der Waals surface area (Å²) >= 11 is 0. The van der Waals surface area contributed by atoms with E-state index in [1.54, 1.807) is 14.2 Å². The standard InChI is InChI=1S/C16H32O3/c1-7-13(2)16(10-17-5,11-18-6)12-19-15(3,4)14-8-9-14/h13-14H,7-12H2,1-6H3. The van der Waals surface area contributed by atoms with Gasteiger partial charge in [0.05, 0.1) is 25.4 Å². The molecule has 0 saturated heterocycles. The lowest BCUT2D eigenvalue weighted by molar-refractivity contribution is -0.129. The van der Waals surface area contributed by atoms with Crippen LogP contribution in [0.2, 0.25) is 0 Å². The molecule has 114 valence electrons. The van der Waals surface area contributed by atoms with Gasteiger partial charge in [-0.25, -0.2) is 0 Å². The van der Waals surface area contributed by atoms with Gasteiger partial charge in [-0.2, -0.15) is 0 Å². The molecule has 1 fully saturated rings. The molecule has 0 amide bonds. The van der Waals surface area contributed by atoms with E-state index < -0.39 is 0 Å². The Bertz CT molecular complexity index is 253. The van der Waals surface area contributed by atoms with Crippen LogP contribution >= 0.6 is 0 Å². The molecule has 3 heteroatoms. The molecule has 1 unspecified atom stereocenters. The molecule has 1 saturated carbocycles. The molecule has 0 aromatic carbocycles. The zero-order valence-corrected chi connectivity index (χ0v) is 13.6. The average molecular weight is 272 g/mol. The van der Waals surface area contributed by atoms with Gasteiger partial charge in [-0.3, -0.25) is 0 Å². The Balaban J connectivity index is 2.70. The second-order valence-corrected chi connectivity index (χ2v) is 6.70. The Kier molecular flexibility index (Phi) is 6.28. The Morgan fingerprint density at radius 1 is 1.05 bits per heavy atom. The lowest BCUT2D eigenvalue weighted by Crippen LogP contribution is -2.45. The van der Waals surface area contributed by atoms with Gasteiger partial charge in [-0.1, -0.05) is 20.3 Å². The first-order valence-corrected chi connectivity index (χ1v) is 7.53. The van der Waals surface area contributed by atoms with Crippen molar-refractivity contribution in [1.29, 1.82) is 0 Å². The maximum atomic E-state index is 6.29. The topological polar surface area (TPSA) is 27.7 Å². The molecule has 0 radical (unpaired) electrons. The number of rotatable bonds is 10. The number of hydrogen-bond donors (Lipinski definition) is 0. The summed E-state index contributed by atoms with van der Waals surface area (Å²) in [6, 6.07) is 0. The van der Waals surface area contributed by atoms with Gasteiger partial charge in [0.1, 0.15) is 0 Å². The molecule has 0 aromatic heterocycles. The van der Waals surface area contributed by atoms with Crippen molar-refractivity contribution in [1.82, 2.24) is 0 Å². The molecule has 3 nitrogen and oxygen atoms in total. The average Bonchev–Trinajstić information content (AvgIpc) is 3.20. The van der Waals surface area contributed by atoms with E-state index in [1.807, 2.05) is 0 Å². The van der Waals surface area contributed by atoms with Crippen LogP contribution in [0.4, 0.5) is 0 Å². The highest BCUT2D eigenvalue weighted by atomic mass is 16.5. The van der Waals surface area contributed by atoms with Gasteiger partial charge in [-0.05, 0) is 38.5 Å². The lowest BCUT2D eigenvalue weighted by atomic mass is 9.76. The molecular formula is C16H32O3. The normalized spacial score (nSPS) is 18.6. The van der Waals surface area contributed by atoms with Crippen LogP contribution in [0.25, 0.3) is 0 Å². The Hall–Kier alpha value is -0.120. The van der Waals surface area contributed by atoms with Crippen LogP contribution in [0.3, 0.4) is 0 Å². The highest BCUT2D eigenvalue weighted by Crippen LogP contribution is 2.43. The SMILES string of the molecule is CCC(C)C(COC)(COC)COC(C)(C)C1CC1. The third-order valence-electron chi connectivity index (χ3n) is 4.81. The fourth-order valence-corrected chi connectivity index (χ4v) is 2.79. The van der Waals surface area contributed by atoms with Crippen LogP contribution in [-0.2, 0) is 14.2 Å². The van der Waals surface area contributed by atoms with E-state index in [2.05, 4.69) is 27.7 Å². The zero-order valence-electron chi connectivity index (χ0n) is 13.6. The van der Waals surface area contributed by atoms with Gasteiger partial charge in [0.15, 0.2) is 0 Å². The van der Waals surface area contributed by atoms with E-state index in [4.69, 9.17) is 14.2 Å². The highest BCUT2D eigenvalue weighted by molar-refractivity contribution is 4.91. The van der Waals surface area contributed by atoms with E-state index in [1.165, 1.54) is 12.8 Å². The monoisotopic (exact) mass is 272 g/mol. The molecule has 0 N–H and O–H groups in total. The van der Waals surface area contributed by atoms with Crippen LogP contribution in [0.5, 0.6) is 0 Å². The molecule has 0 aliphatic heterocycles. The molecule has 1 aliphatic rings. The summed E-state index contributed by atoms with van der Waals surface area (Å²) in [5.41, 5.74) is -0.0510. The van der Waals surface area contributed by atoms with Gasteiger partial charge >= 0.3 is 0 Å². The fourth-order valence-electron chi connectivity index (χ4n) is 2.79. The summed E-state index contributed by atoms with van der Waals surface area (Å²) in [4.78, 5) is 0. The van der Waals surface area contributed by atoms with Crippen LogP contribution in [0.1, 0.15) is 47.0 Å². The predicted molar refractivity (Wildman–Crippen MR) is 78.4 cm³/mol. The van der Waals surface area contributed by atoms with E-state index in [-0.39, 0.29) is 11.0 Å². The van der Waals surface area contributed by atoms with Crippen molar-refractivity contribution in [2.75, 3.05) is 34.0 Å². The van der Waals surface area contributed by atoms with Crippen LogP contribution < -0.4 is 0 Å². The molecule has 0 heterocycles. The van der Waals surface area contributed by atoms with Crippen molar-refractivity contribution in [3.8, 4) is 0 Å².